The standard InChI is InChI=1S/C12H23N5O2S/c1-9-12(11(6-13)15-14-9)20(18,19)17(3)8-10-4-5-16(2)7-10/h10H,4-8,13H2,1-3H3,(H,14,15). The van der Waals surface area contributed by atoms with E-state index in [0.29, 0.717) is 23.9 Å². The molecule has 1 unspecified atom stereocenters. The lowest BCUT2D eigenvalue weighted by Crippen LogP contribution is -2.33. The van der Waals surface area contributed by atoms with Crippen molar-refractivity contribution in [2.75, 3.05) is 33.7 Å². The molecule has 7 nitrogen and oxygen atoms in total. The molecule has 2 heterocycles. The van der Waals surface area contributed by atoms with Crippen LogP contribution in [0.1, 0.15) is 17.8 Å². The van der Waals surface area contributed by atoms with Crippen LogP contribution in [0.5, 0.6) is 0 Å². The number of H-pyrrole nitrogens is 1. The summed E-state index contributed by atoms with van der Waals surface area (Å²) in [6.45, 7) is 4.31. The Morgan fingerprint density at radius 2 is 2.25 bits per heavy atom. The van der Waals surface area contributed by atoms with Crippen LogP contribution in [0.4, 0.5) is 0 Å². The average molecular weight is 301 g/mol. The third-order valence-corrected chi connectivity index (χ3v) is 5.85. The molecule has 2 rings (SSSR count). The van der Waals surface area contributed by atoms with Gasteiger partial charge in [0.1, 0.15) is 4.90 Å². The molecule has 1 saturated heterocycles. The summed E-state index contributed by atoms with van der Waals surface area (Å²) in [5.41, 5.74) is 6.51. The molecular formula is C12H23N5O2S. The van der Waals surface area contributed by atoms with Gasteiger partial charge in [-0.05, 0) is 32.9 Å². The monoisotopic (exact) mass is 301 g/mol. The minimum Gasteiger partial charge on any atom is -0.325 e. The van der Waals surface area contributed by atoms with Gasteiger partial charge in [-0.15, -0.1) is 0 Å². The summed E-state index contributed by atoms with van der Waals surface area (Å²) < 4.78 is 26.7. The Morgan fingerprint density at radius 3 is 2.80 bits per heavy atom. The maximum atomic E-state index is 12.7. The summed E-state index contributed by atoms with van der Waals surface area (Å²) in [6, 6.07) is 0. The van der Waals surface area contributed by atoms with Gasteiger partial charge in [-0.3, -0.25) is 5.10 Å². The molecule has 1 fully saturated rings. The number of hydrogen-bond donors (Lipinski definition) is 2. The normalized spacial score (nSPS) is 20.9. The molecule has 0 amide bonds. The lowest BCUT2D eigenvalue weighted by atomic mass is 10.1. The van der Waals surface area contributed by atoms with Crippen molar-refractivity contribution in [1.29, 1.82) is 0 Å². The number of aromatic amines is 1. The molecule has 8 heteroatoms. The van der Waals surface area contributed by atoms with E-state index < -0.39 is 10.0 Å². The first kappa shape index (κ1) is 15.4. The van der Waals surface area contributed by atoms with E-state index in [9.17, 15) is 8.42 Å². The number of aromatic nitrogens is 2. The molecule has 0 radical (unpaired) electrons. The quantitative estimate of drug-likeness (QED) is 0.782. The van der Waals surface area contributed by atoms with Crippen LogP contribution >= 0.6 is 0 Å². The second kappa shape index (κ2) is 5.80. The fourth-order valence-corrected chi connectivity index (χ4v) is 4.32. The Kier molecular flexibility index (Phi) is 4.48. The van der Waals surface area contributed by atoms with Crippen LogP contribution in [-0.2, 0) is 16.6 Å². The number of likely N-dealkylation sites (tertiary alicyclic amines) is 1. The lowest BCUT2D eigenvalue weighted by Gasteiger charge is -2.21. The van der Waals surface area contributed by atoms with E-state index in [-0.39, 0.29) is 11.4 Å². The molecule has 1 aromatic rings. The molecule has 1 aliphatic heterocycles. The lowest BCUT2D eigenvalue weighted by molar-refractivity contribution is 0.356. The van der Waals surface area contributed by atoms with Crippen molar-refractivity contribution in [3.8, 4) is 0 Å². The van der Waals surface area contributed by atoms with Gasteiger partial charge in [-0.2, -0.15) is 5.10 Å². The Labute approximate surface area is 120 Å². The molecule has 114 valence electrons. The maximum Gasteiger partial charge on any atom is 0.246 e. The first-order chi connectivity index (χ1) is 9.36. The van der Waals surface area contributed by atoms with Crippen molar-refractivity contribution in [2.24, 2.45) is 11.7 Å². The smallest absolute Gasteiger partial charge is 0.246 e. The second-order valence-electron chi connectivity index (χ2n) is 5.53. The molecule has 0 spiro atoms. The van der Waals surface area contributed by atoms with Crippen LogP contribution in [-0.4, -0.2) is 61.5 Å². The molecule has 1 aliphatic rings. The zero-order valence-corrected chi connectivity index (χ0v) is 13.1. The van der Waals surface area contributed by atoms with E-state index in [1.807, 2.05) is 0 Å². The molecule has 0 aliphatic carbocycles. The largest absolute Gasteiger partial charge is 0.325 e. The topological polar surface area (TPSA) is 95.3 Å². The van der Waals surface area contributed by atoms with Crippen molar-refractivity contribution in [3.05, 3.63) is 11.4 Å². The highest BCUT2D eigenvalue weighted by Crippen LogP contribution is 2.23. The van der Waals surface area contributed by atoms with E-state index in [1.165, 1.54) is 4.31 Å². The van der Waals surface area contributed by atoms with Gasteiger partial charge in [0.15, 0.2) is 0 Å². The molecule has 0 saturated carbocycles. The number of nitrogens with two attached hydrogens (primary N) is 1. The summed E-state index contributed by atoms with van der Waals surface area (Å²) in [6.07, 6.45) is 1.03. The van der Waals surface area contributed by atoms with E-state index >= 15 is 0 Å². The Bertz CT molecular complexity index is 568. The van der Waals surface area contributed by atoms with Crippen LogP contribution in [0.3, 0.4) is 0 Å². The van der Waals surface area contributed by atoms with E-state index in [0.717, 1.165) is 19.5 Å². The van der Waals surface area contributed by atoms with E-state index in [2.05, 4.69) is 22.1 Å². The fourth-order valence-electron chi connectivity index (χ4n) is 2.74. The Balaban J connectivity index is 2.19. The third kappa shape index (κ3) is 2.88. The number of sulfonamides is 1. The highest BCUT2D eigenvalue weighted by molar-refractivity contribution is 7.89. The van der Waals surface area contributed by atoms with Crippen molar-refractivity contribution in [1.82, 2.24) is 19.4 Å². The highest BCUT2D eigenvalue weighted by atomic mass is 32.2. The van der Waals surface area contributed by atoms with Gasteiger partial charge in [0, 0.05) is 26.7 Å². The summed E-state index contributed by atoms with van der Waals surface area (Å²) in [5.74, 6) is 0.383. The maximum absolute atomic E-state index is 12.7. The van der Waals surface area contributed by atoms with Gasteiger partial charge in [-0.1, -0.05) is 0 Å². The van der Waals surface area contributed by atoms with Crippen LogP contribution in [0, 0.1) is 12.8 Å². The van der Waals surface area contributed by atoms with Crippen molar-refractivity contribution in [2.45, 2.75) is 24.8 Å². The predicted molar refractivity (Wildman–Crippen MR) is 76.6 cm³/mol. The summed E-state index contributed by atoms with van der Waals surface area (Å²) in [5, 5.41) is 6.67. The molecule has 3 N–H and O–H groups in total. The Morgan fingerprint density at radius 1 is 1.55 bits per heavy atom. The molecule has 1 atom stereocenters. The zero-order chi connectivity index (χ0) is 14.9. The van der Waals surface area contributed by atoms with Crippen LogP contribution < -0.4 is 5.73 Å². The predicted octanol–water partition coefficient (Wildman–Crippen LogP) is -0.251. The molecule has 1 aromatic heterocycles. The minimum atomic E-state index is -3.53. The van der Waals surface area contributed by atoms with Gasteiger partial charge in [0.25, 0.3) is 0 Å². The molecule has 0 bridgehead atoms. The van der Waals surface area contributed by atoms with Gasteiger partial charge < -0.3 is 10.6 Å². The van der Waals surface area contributed by atoms with E-state index in [4.69, 9.17) is 5.73 Å². The van der Waals surface area contributed by atoms with Crippen molar-refractivity contribution >= 4 is 10.0 Å². The summed E-state index contributed by atoms with van der Waals surface area (Å²) in [4.78, 5) is 2.45. The zero-order valence-electron chi connectivity index (χ0n) is 12.3. The van der Waals surface area contributed by atoms with E-state index in [1.54, 1.807) is 14.0 Å². The van der Waals surface area contributed by atoms with Gasteiger partial charge in [0.05, 0.1) is 11.4 Å². The van der Waals surface area contributed by atoms with Gasteiger partial charge >= 0.3 is 0 Å². The number of nitrogens with zero attached hydrogens (tertiary/aromatic N) is 3. The SMILES string of the molecule is Cc1[nH]nc(CN)c1S(=O)(=O)N(C)CC1CCN(C)C1. The first-order valence-corrected chi connectivity index (χ1v) is 8.19. The van der Waals surface area contributed by atoms with Crippen molar-refractivity contribution in [3.63, 3.8) is 0 Å². The summed E-state index contributed by atoms with van der Waals surface area (Å²) in [7, 11) is 0.149. The number of aryl methyl sites for hydroxylation is 1. The fraction of sp³-hybridized carbons (Fsp3) is 0.750. The van der Waals surface area contributed by atoms with Gasteiger partial charge in [-0.25, -0.2) is 12.7 Å². The summed E-state index contributed by atoms with van der Waals surface area (Å²) >= 11 is 0. The number of nitrogens with one attached hydrogen (secondary N) is 1. The highest BCUT2D eigenvalue weighted by Gasteiger charge is 2.31. The third-order valence-electron chi connectivity index (χ3n) is 3.83. The van der Waals surface area contributed by atoms with Gasteiger partial charge in [0.2, 0.25) is 10.0 Å². The Hall–Kier alpha value is -0.960. The molecule has 20 heavy (non-hydrogen) atoms. The molecule has 0 aromatic carbocycles. The van der Waals surface area contributed by atoms with Crippen LogP contribution in [0.2, 0.25) is 0 Å². The minimum absolute atomic E-state index is 0.110. The van der Waals surface area contributed by atoms with Crippen LogP contribution in [0.25, 0.3) is 0 Å². The second-order valence-corrected chi connectivity index (χ2v) is 7.51. The first-order valence-electron chi connectivity index (χ1n) is 6.75. The van der Waals surface area contributed by atoms with Crippen molar-refractivity contribution < 1.29 is 8.42 Å². The average Bonchev–Trinajstić information content (AvgIpc) is 2.95. The number of rotatable bonds is 5. The number of hydrogen-bond acceptors (Lipinski definition) is 5. The van der Waals surface area contributed by atoms with Crippen LogP contribution in [0.15, 0.2) is 4.90 Å². The molecular weight excluding hydrogens is 278 g/mol.